The van der Waals surface area contributed by atoms with Gasteiger partial charge in [0, 0.05) is 17.1 Å². The molecule has 0 spiro atoms. The van der Waals surface area contributed by atoms with Gasteiger partial charge in [0.05, 0.1) is 0 Å². The molecule has 1 nitrogen and oxygen atoms in total. The van der Waals surface area contributed by atoms with Crippen LogP contribution >= 0.6 is 0 Å². The fourth-order valence-corrected chi connectivity index (χ4v) is 1.53. The highest BCUT2D eigenvalue weighted by molar-refractivity contribution is 5.80. The predicted molar refractivity (Wildman–Crippen MR) is 52.3 cm³/mol. The Labute approximate surface area is 76.6 Å². The lowest BCUT2D eigenvalue weighted by Crippen LogP contribution is -1.92. The normalized spacial score (nSPS) is 11.4. The lowest BCUT2D eigenvalue weighted by molar-refractivity contribution is 0.600. The zero-order valence-corrected chi connectivity index (χ0v) is 7.76. The summed E-state index contributed by atoms with van der Waals surface area (Å²) < 4.78 is 13.4. The Balaban J connectivity index is 2.69. The number of H-pyrrole nitrogens is 1. The molecule has 13 heavy (non-hydrogen) atoms. The molecule has 0 aliphatic heterocycles. The smallest absolute Gasteiger partial charge is 0.127 e. The van der Waals surface area contributed by atoms with E-state index < -0.39 is 0 Å². The van der Waals surface area contributed by atoms with Crippen LogP contribution in [0.2, 0.25) is 0 Å². The molecule has 68 valence electrons. The van der Waals surface area contributed by atoms with Crippen molar-refractivity contribution in [3.8, 4) is 0 Å². The molecule has 2 rings (SSSR count). The van der Waals surface area contributed by atoms with Gasteiger partial charge in [-0.05, 0) is 29.7 Å². The molecule has 1 heterocycles. The van der Waals surface area contributed by atoms with Crippen LogP contribution in [0.15, 0.2) is 24.4 Å². The number of rotatable bonds is 1. The Morgan fingerprint density at radius 3 is 2.77 bits per heavy atom. The van der Waals surface area contributed by atoms with E-state index in [2.05, 4.69) is 4.98 Å². The van der Waals surface area contributed by atoms with Crippen LogP contribution in [0.1, 0.15) is 25.3 Å². The van der Waals surface area contributed by atoms with E-state index in [4.69, 9.17) is 0 Å². The van der Waals surface area contributed by atoms with Crippen molar-refractivity contribution in [1.29, 1.82) is 0 Å². The van der Waals surface area contributed by atoms with E-state index in [1.54, 1.807) is 6.07 Å². The molecule has 1 aromatic carbocycles. The Morgan fingerprint density at radius 1 is 1.31 bits per heavy atom. The summed E-state index contributed by atoms with van der Waals surface area (Å²) in [6, 6.07) is 5.35. The van der Waals surface area contributed by atoms with Gasteiger partial charge in [-0.25, -0.2) is 4.39 Å². The minimum atomic E-state index is -0.109. The molecule has 0 amide bonds. The molecular formula is C11H12FN. The molecule has 0 atom stereocenters. The molecular weight excluding hydrogens is 165 g/mol. The first-order chi connectivity index (χ1) is 6.18. The molecule has 0 radical (unpaired) electrons. The average Bonchev–Trinajstić information content (AvgIpc) is 2.48. The monoisotopic (exact) mass is 177 g/mol. The summed E-state index contributed by atoms with van der Waals surface area (Å²) in [5.74, 6) is 0.120. The Kier molecular flexibility index (Phi) is 1.83. The molecule has 0 bridgehead atoms. The maximum absolute atomic E-state index is 13.4. The molecule has 0 aliphatic rings. The van der Waals surface area contributed by atoms with E-state index >= 15 is 0 Å². The molecule has 1 N–H and O–H groups in total. The number of nitrogens with one attached hydrogen (secondary N) is 1. The highest BCUT2D eigenvalue weighted by atomic mass is 19.1. The van der Waals surface area contributed by atoms with Crippen LogP contribution < -0.4 is 0 Å². The summed E-state index contributed by atoms with van der Waals surface area (Å²) in [7, 11) is 0. The van der Waals surface area contributed by atoms with Crippen molar-refractivity contribution in [3.05, 3.63) is 35.8 Å². The van der Waals surface area contributed by atoms with Crippen LogP contribution in [0.4, 0.5) is 4.39 Å². The van der Waals surface area contributed by atoms with Crippen molar-refractivity contribution in [2.24, 2.45) is 0 Å². The van der Waals surface area contributed by atoms with Crippen molar-refractivity contribution < 1.29 is 4.39 Å². The second-order valence-electron chi connectivity index (χ2n) is 3.59. The van der Waals surface area contributed by atoms with Crippen molar-refractivity contribution in [3.63, 3.8) is 0 Å². The van der Waals surface area contributed by atoms with Crippen LogP contribution in [0.5, 0.6) is 0 Å². The summed E-state index contributed by atoms with van der Waals surface area (Å²) in [6.07, 6.45) is 1.83. The van der Waals surface area contributed by atoms with E-state index in [0.717, 1.165) is 16.5 Å². The molecule has 2 aromatic rings. The number of hydrogen-bond donors (Lipinski definition) is 1. The predicted octanol–water partition coefficient (Wildman–Crippen LogP) is 3.43. The summed E-state index contributed by atoms with van der Waals surface area (Å²) in [4.78, 5) is 3.08. The van der Waals surface area contributed by atoms with Crippen molar-refractivity contribution in [1.82, 2.24) is 4.98 Å². The van der Waals surface area contributed by atoms with E-state index in [1.807, 2.05) is 32.2 Å². The minimum absolute atomic E-state index is 0.109. The third-order valence-electron chi connectivity index (χ3n) is 2.29. The van der Waals surface area contributed by atoms with E-state index in [1.165, 1.54) is 0 Å². The van der Waals surface area contributed by atoms with Gasteiger partial charge in [0.2, 0.25) is 0 Å². The number of aromatic amines is 1. The number of halogens is 1. The third-order valence-corrected chi connectivity index (χ3v) is 2.29. The van der Waals surface area contributed by atoms with E-state index in [9.17, 15) is 4.39 Å². The van der Waals surface area contributed by atoms with Crippen molar-refractivity contribution >= 4 is 10.9 Å². The molecule has 0 unspecified atom stereocenters. The maximum Gasteiger partial charge on any atom is 0.127 e. The van der Waals surface area contributed by atoms with Gasteiger partial charge < -0.3 is 4.98 Å². The minimum Gasteiger partial charge on any atom is -0.361 e. The Bertz CT molecular complexity index is 429. The van der Waals surface area contributed by atoms with Gasteiger partial charge in [-0.2, -0.15) is 0 Å². The molecule has 0 saturated carbocycles. The lowest BCUT2D eigenvalue weighted by Gasteiger charge is -2.06. The quantitative estimate of drug-likeness (QED) is 0.686. The van der Waals surface area contributed by atoms with E-state index in [0.29, 0.717) is 0 Å². The molecule has 0 saturated heterocycles. The van der Waals surface area contributed by atoms with Gasteiger partial charge in [0.25, 0.3) is 0 Å². The summed E-state index contributed by atoms with van der Waals surface area (Å²) in [5.41, 5.74) is 1.78. The first-order valence-electron chi connectivity index (χ1n) is 4.45. The molecule has 0 fully saturated rings. The summed E-state index contributed by atoms with van der Waals surface area (Å²) in [5, 5.41) is 0.932. The van der Waals surface area contributed by atoms with Gasteiger partial charge in [-0.3, -0.25) is 0 Å². The fourth-order valence-electron chi connectivity index (χ4n) is 1.53. The highest BCUT2D eigenvalue weighted by Crippen LogP contribution is 2.23. The average molecular weight is 177 g/mol. The fraction of sp³-hybridized carbons (Fsp3) is 0.273. The number of hydrogen-bond acceptors (Lipinski definition) is 0. The molecule has 0 aliphatic carbocycles. The topological polar surface area (TPSA) is 15.8 Å². The van der Waals surface area contributed by atoms with Gasteiger partial charge in [0.1, 0.15) is 5.82 Å². The van der Waals surface area contributed by atoms with Gasteiger partial charge in [-0.1, -0.05) is 13.8 Å². The SMILES string of the molecule is CC(C)c1cc2[nH]ccc2cc1F. The number of fused-ring (bicyclic) bond motifs is 1. The first-order valence-corrected chi connectivity index (χ1v) is 4.45. The number of aromatic nitrogens is 1. The Morgan fingerprint density at radius 2 is 2.08 bits per heavy atom. The summed E-state index contributed by atoms with van der Waals surface area (Å²) >= 11 is 0. The second kappa shape index (κ2) is 2.87. The molecule has 1 aromatic heterocycles. The standard InChI is InChI=1S/C11H12FN/c1-7(2)9-6-11-8(3-4-13-11)5-10(9)12/h3-7,13H,1-2H3. The highest BCUT2D eigenvalue weighted by Gasteiger charge is 2.08. The summed E-state index contributed by atoms with van der Waals surface area (Å²) in [6.45, 7) is 3.99. The van der Waals surface area contributed by atoms with Gasteiger partial charge >= 0.3 is 0 Å². The van der Waals surface area contributed by atoms with Crippen LogP contribution in [0.3, 0.4) is 0 Å². The van der Waals surface area contributed by atoms with E-state index in [-0.39, 0.29) is 11.7 Å². The van der Waals surface area contributed by atoms with Crippen molar-refractivity contribution in [2.75, 3.05) is 0 Å². The largest absolute Gasteiger partial charge is 0.361 e. The second-order valence-corrected chi connectivity index (χ2v) is 3.59. The first kappa shape index (κ1) is 8.30. The Hall–Kier alpha value is -1.31. The number of benzene rings is 1. The molecule has 2 heteroatoms. The zero-order chi connectivity index (χ0) is 9.42. The van der Waals surface area contributed by atoms with Crippen LogP contribution in [-0.2, 0) is 0 Å². The van der Waals surface area contributed by atoms with Crippen molar-refractivity contribution in [2.45, 2.75) is 19.8 Å². The van der Waals surface area contributed by atoms with Gasteiger partial charge in [-0.15, -0.1) is 0 Å². The van der Waals surface area contributed by atoms with Crippen LogP contribution in [0.25, 0.3) is 10.9 Å². The van der Waals surface area contributed by atoms with Crippen LogP contribution in [-0.4, -0.2) is 4.98 Å². The lowest BCUT2D eigenvalue weighted by atomic mass is 10.0. The van der Waals surface area contributed by atoms with Gasteiger partial charge in [0.15, 0.2) is 0 Å². The third kappa shape index (κ3) is 1.32. The zero-order valence-electron chi connectivity index (χ0n) is 7.76. The maximum atomic E-state index is 13.4. The van der Waals surface area contributed by atoms with Crippen LogP contribution in [0, 0.1) is 5.82 Å².